The Morgan fingerprint density at radius 1 is 1.37 bits per heavy atom. The summed E-state index contributed by atoms with van der Waals surface area (Å²) in [6.45, 7) is 4.78. The Morgan fingerprint density at radius 2 is 2.00 bits per heavy atom. The summed E-state index contributed by atoms with van der Waals surface area (Å²) in [6, 6.07) is 7.49. The van der Waals surface area contributed by atoms with Gasteiger partial charge in [-0.2, -0.15) is 0 Å². The second-order valence-corrected chi connectivity index (χ2v) is 3.90. The van der Waals surface area contributed by atoms with Crippen LogP contribution in [0.5, 0.6) is 0 Å². The van der Waals surface area contributed by atoms with E-state index in [1.54, 1.807) is 7.11 Å². The molecule has 1 saturated heterocycles. The molecule has 19 heavy (non-hydrogen) atoms. The maximum absolute atomic E-state index is 11.5. The van der Waals surface area contributed by atoms with Crippen molar-refractivity contribution in [2.24, 2.45) is 0 Å². The molecule has 5 heteroatoms. The highest BCUT2D eigenvalue weighted by atomic mass is 16.6. The van der Waals surface area contributed by atoms with E-state index in [4.69, 9.17) is 14.6 Å². The Kier molecular flexibility index (Phi) is 6.32. The molecule has 1 aliphatic rings. The number of hydrogen-bond donors (Lipinski definition) is 1. The molecule has 1 atom stereocenters. The van der Waals surface area contributed by atoms with Gasteiger partial charge in [-0.1, -0.05) is 26.0 Å². The number of hydrogen-bond acceptors (Lipinski definition) is 4. The van der Waals surface area contributed by atoms with Crippen LogP contribution in [0.2, 0.25) is 0 Å². The minimum Gasteiger partial charge on any atom is -0.441 e. The van der Waals surface area contributed by atoms with Crippen LogP contribution in [0.15, 0.2) is 24.3 Å². The normalized spacial score (nSPS) is 17.8. The van der Waals surface area contributed by atoms with Crippen LogP contribution in [0.4, 0.5) is 10.5 Å². The zero-order chi connectivity index (χ0) is 14.3. The maximum Gasteiger partial charge on any atom is 0.414 e. The molecule has 106 valence electrons. The number of aliphatic hydroxyl groups is 1. The van der Waals surface area contributed by atoms with Crippen molar-refractivity contribution in [3.8, 4) is 0 Å². The van der Waals surface area contributed by atoms with E-state index in [1.807, 2.05) is 38.1 Å². The number of amides is 1. The number of ether oxygens (including phenoxy) is 2. The maximum atomic E-state index is 11.5. The molecule has 1 unspecified atom stereocenters. The first-order valence-corrected chi connectivity index (χ1v) is 6.41. The molecule has 0 saturated carbocycles. The van der Waals surface area contributed by atoms with Crippen LogP contribution in [0, 0.1) is 0 Å². The molecule has 0 aliphatic carbocycles. The van der Waals surface area contributed by atoms with Crippen molar-refractivity contribution in [2.75, 3.05) is 25.2 Å². The molecule has 1 amide bonds. The van der Waals surface area contributed by atoms with Crippen LogP contribution < -0.4 is 4.90 Å². The molecule has 1 aromatic rings. The van der Waals surface area contributed by atoms with Gasteiger partial charge in [0.2, 0.25) is 0 Å². The van der Waals surface area contributed by atoms with Crippen molar-refractivity contribution in [1.82, 2.24) is 0 Å². The van der Waals surface area contributed by atoms with Gasteiger partial charge in [0.25, 0.3) is 0 Å². The standard InChI is InChI=1S/C12H15NO4.C2H6/c1-16-8-9-2-4-10(5-3-9)13-6-11(7-14)17-12(13)15;1-2/h2-5,11,14H,6-8H2,1H3;1-2H3. The molecule has 2 rings (SSSR count). The largest absolute Gasteiger partial charge is 0.441 e. The lowest BCUT2D eigenvalue weighted by Crippen LogP contribution is -2.25. The summed E-state index contributed by atoms with van der Waals surface area (Å²) >= 11 is 0. The van der Waals surface area contributed by atoms with Gasteiger partial charge in [0.15, 0.2) is 0 Å². The third kappa shape index (κ3) is 3.94. The Morgan fingerprint density at radius 3 is 2.47 bits per heavy atom. The number of carbonyl (C=O) groups is 1. The summed E-state index contributed by atoms with van der Waals surface area (Å²) in [6.07, 6.45) is -0.843. The number of cyclic esters (lactones) is 1. The topological polar surface area (TPSA) is 59.0 Å². The summed E-state index contributed by atoms with van der Waals surface area (Å²) in [5, 5.41) is 8.94. The van der Waals surface area contributed by atoms with E-state index in [1.165, 1.54) is 4.90 Å². The number of methoxy groups -OCH3 is 1. The predicted octanol–water partition coefficient (Wildman–Crippen LogP) is 2.18. The van der Waals surface area contributed by atoms with Gasteiger partial charge in [0.1, 0.15) is 6.10 Å². The average molecular weight is 267 g/mol. The first kappa shape index (κ1) is 15.5. The molecule has 1 N–H and O–H groups in total. The first-order valence-electron chi connectivity index (χ1n) is 6.41. The van der Waals surface area contributed by atoms with E-state index in [0.29, 0.717) is 13.2 Å². The first-order chi connectivity index (χ1) is 9.24. The van der Waals surface area contributed by atoms with Crippen molar-refractivity contribution in [2.45, 2.75) is 26.6 Å². The van der Waals surface area contributed by atoms with E-state index in [0.717, 1.165) is 11.3 Å². The van der Waals surface area contributed by atoms with Gasteiger partial charge in [0, 0.05) is 12.8 Å². The van der Waals surface area contributed by atoms with Gasteiger partial charge in [-0.25, -0.2) is 4.79 Å². The number of carbonyl (C=O) groups excluding carboxylic acids is 1. The van der Waals surface area contributed by atoms with Gasteiger partial charge in [-0.3, -0.25) is 4.90 Å². The second kappa shape index (κ2) is 7.76. The smallest absolute Gasteiger partial charge is 0.414 e. The predicted molar refractivity (Wildman–Crippen MR) is 73.2 cm³/mol. The minimum absolute atomic E-state index is 0.149. The number of nitrogens with zero attached hydrogens (tertiary/aromatic N) is 1. The molecule has 0 aromatic heterocycles. The summed E-state index contributed by atoms with van der Waals surface area (Å²) in [5.74, 6) is 0. The Hall–Kier alpha value is -1.59. The van der Waals surface area contributed by atoms with E-state index in [9.17, 15) is 4.79 Å². The highest BCUT2D eigenvalue weighted by molar-refractivity contribution is 5.89. The average Bonchev–Trinajstić information content (AvgIpc) is 2.84. The molecule has 5 nitrogen and oxygen atoms in total. The van der Waals surface area contributed by atoms with Crippen molar-refractivity contribution in [3.05, 3.63) is 29.8 Å². The Bertz CT molecular complexity index is 391. The molecule has 1 aliphatic heterocycles. The van der Waals surface area contributed by atoms with E-state index in [2.05, 4.69) is 0 Å². The SMILES string of the molecule is CC.COCc1ccc(N2CC(CO)OC2=O)cc1. The van der Waals surface area contributed by atoms with Gasteiger partial charge in [-0.15, -0.1) is 0 Å². The van der Waals surface area contributed by atoms with Gasteiger partial charge in [-0.05, 0) is 17.7 Å². The van der Waals surface area contributed by atoms with E-state index >= 15 is 0 Å². The Labute approximate surface area is 113 Å². The minimum atomic E-state index is -0.429. The van der Waals surface area contributed by atoms with E-state index in [-0.39, 0.29) is 6.61 Å². The van der Waals surface area contributed by atoms with Crippen LogP contribution in [-0.4, -0.2) is 37.6 Å². The molecule has 1 aromatic carbocycles. The molecule has 0 bridgehead atoms. The lowest BCUT2D eigenvalue weighted by molar-refractivity contribution is 0.0963. The van der Waals surface area contributed by atoms with Gasteiger partial charge < -0.3 is 14.6 Å². The molecule has 0 radical (unpaired) electrons. The van der Waals surface area contributed by atoms with Gasteiger partial charge >= 0.3 is 6.09 Å². The molecule has 0 spiro atoms. The fraction of sp³-hybridized carbons (Fsp3) is 0.500. The lowest BCUT2D eigenvalue weighted by Gasteiger charge is -2.13. The van der Waals surface area contributed by atoms with Crippen molar-refractivity contribution >= 4 is 11.8 Å². The summed E-state index contributed by atoms with van der Waals surface area (Å²) in [5.41, 5.74) is 1.81. The fourth-order valence-electron chi connectivity index (χ4n) is 1.77. The molecular formula is C14H21NO4. The zero-order valence-electron chi connectivity index (χ0n) is 11.6. The summed E-state index contributed by atoms with van der Waals surface area (Å²) in [7, 11) is 1.64. The highest BCUT2D eigenvalue weighted by Gasteiger charge is 2.31. The lowest BCUT2D eigenvalue weighted by atomic mass is 10.2. The van der Waals surface area contributed by atoms with Gasteiger partial charge in [0.05, 0.1) is 19.8 Å². The number of benzene rings is 1. The second-order valence-electron chi connectivity index (χ2n) is 3.90. The van der Waals surface area contributed by atoms with Crippen LogP contribution in [-0.2, 0) is 16.1 Å². The Balaban J connectivity index is 0.000000861. The van der Waals surface area contributed by atoms with Crippen LogP contribution in [0.1, 0.15) is 19.4 Å². The van der Waals surface area contributed by atoms with Crippen LogP contribution in [0.3, 0.4) is 0 Å². The van der Waals surface area contributed by atoms with Crippen molar-refractivity contribution in [3.63, 3.8) is 0 Å². The monoisotopic (exact) mass is 267 g/mol. The number of anilines is 1. The van der Waals surface area contributed by atoms with Crippen LogP contribution >= 0.6 is 0 Å². The fourth-order valence-corrected chi connectivity index (χ4v) is 1.77. The quantitative estimate of drug-likeness (QED) is 0.908. The third-order valence-corrected chi connectivity index (χ3v) is 2.64. The third-order valence-electron chi connectivity index (χ3n) is 2.64. The van der Waals surface area contributed by atoms with Crippen molar-refractivity contribution in [1.29, 1.82) is 0 Å². The highest BCUT2D eigenvalue weighted by Crippen LogP contribution is 2.22. The van der Waals surface area contributed by atoms with E-state index < -0.39 is 12.2 Å². The molecule has 1 heterocycles. The van der Waals surface area contributed by atoms with Crippen molar-refractivity contribution < 1.29 is 19.4 Å². The number of rotatable bonds is 4. The van der Waals surface area contributed by atoms with Crippen LogP contribution in [0.25, 0.3) is 0 Å². The molecule has 1 fully saturated rings. The summed E-state index contributed by atoms with van der Waals surface area (Å²) < 4.78 is 9.98. The summed E-state index contributed by atoms with van der Waals surface area (Å²) in [4.78, 5) is 13.0. The number of aliphatic hydroxyl groups excluding tert-OH is 1. The molecular weight excluding hydrogens is 246 g/mol. The zero-order valence-corrected chi connectivity index (χ0v) is 11.6.